The lowest BCUT2D eigenvalue weighted by Crippen LogP contribution is -2.42. The summed E-state index contributed by atoms with van der Waals surface area (Å²) in [7, 11) is 1.41. The molecule has 162 valence electrons. The number of carbonyl (C=O) groups excluding carboxylic acids is 1. The highest BCUT2D eigenvalue weighted by Crippen LogP contribution is 2.44. The minimum atomic E-state index is -0.373. The fourth-order valence-electron chi connectivity index (χ4n) is 3.90. The van der Waals surface area contributed by atoms with Crippen LogP contribution in [0.15, 0.2) is 24.5 Å². The van der Waals surface area contributed by atoms with Crippen LogP contribution in [-0.2, 0) is 11.2 Å². The third-order valence-corrected chi connectivity index (χ3v) is 5.99. The Kier molecular flexibility index (Phi) is 5.49. The van der Waals surface area contributed by atoms with Crippen molar-refractivity contribution in [2.75, 3.05) is 25.2 Å². The molecule has 0 unspecified atom stereocenters. The number of hydrogen-bond acceptors (Lipinski definition) is 5. The Morgan fingerprint density at radius 2 is 2.07 bits per heavy atom. The summed E-state index contributed by atoms with van der Waals surface area (Å²) >= 11 is 0. The summed E-state index contributed by atoms with van der Waals surface area (Å²) in [5.41, 5.74) is 3.43. The first-order valence-corrected chi connectivity index (χ1v) is 10.7. The van der Waals surface area contributed by atoms with Crippen molar-refractivity contribution in [1.29, 1.82) is 0 Å². The topological polar surface area (TPSA) is 76.8 Å². The Bertz CT molecular complexity index is 933. The SMILES string of the molecule is COC(=O)N1c2ccc(-c3cnn(C4CC4)c3)c(OCC(C)(C)CO)c2CC[C@@H]1C. The average Bonchev–Trinajstić information content (AvgIpc) is 3.48. The van der Waals surface area contributed by atoms with Crippen molar-refractivity contribution in [3.05, 3.63) is 30.1 Å². The lowest BCUT2D eigenvalue weighted by atomic mass is 9.92. The molecule has 1 N–H and O–H groups in total. The molecule has 0 bridgehead atoms. The van der Waals surface area contributed by atoms with E-state index in [9.17, 15) is 9.90 Å². The summed E-state index contributed by atoms with van der Waals surface area (Å²) < 4.78 is 13.4. The molecule has 0 saturated heterocycles. The lowest BCUT2D eigenvalue weighted by Gasteiger charge is -2.36. The number of rotatable bonds is 6. The summed E-state index contributed by atoms with van der Waals surface area (Å²) in [5, 5.41) is 14.2. The van der Waals surface area contributed by atoms with Crippen molar-refractivity contribution in [3.63, 3.8) is 0 Å². The van der Waals surface area contributed by atoms with Crippen LogP contribution in [0.3, 0.4) is 0 Å². The van der Waals surface area contributed by atoms with Gasteiger partial charge in [0.1, 0.15) is 5.75 Å². The number of fused-ring (bicyclic) bond motifs is 1. The van der Waals surface area contributed by atoms with Crippen LogP contribution in [0.2, 0.25) is 0 Å². The van der Waals surface area contributed by atoms with E-state index >= 15 is 0 Å². The zero-order chi connectivity index (χ0) is 21.5. The molecule has 1 saturated carbocycles. The van der Waals surface area contributed by atoms with E-state index in [0.29, 0.717) is 12.6 Å². The zero-order valence-corrected chi connectivity index (χ0v) is 18.2. The van der Waals surface area contributed by atoms with E-state index in [-0.39, 0.29) is 24.2 Å². The summed E-state index contributed by atoms with van der Waals surface area (Å²) in [6.07, 6.45) is 7.58. The van der Waals surface area contributed by atoms with E-state index in [1.807, 2.05) is 43.8 Å². The highest BCUT2D eigenvalue weighted by molar-refractivity contribution is 5.92. The summed E-state index contributed by atoms with van der Waals surface area (Å²) in [6, 6.07) is 4.54. The molecule has 2 aliphatic rings. The number of amides is 1. The van der Waals surface area contributed by atoms with Gasteiger partial charge in [-0.05, 0) is 44.7 Å². The molecular formula is C23H31N3O4. The van der Waals surface area contributed by atoms with Gasteiger partial charge in [-0.25, -0.2) is 4.79 Å². The van der Waals surface area contributed by atoms with Gasteiger partial charge in [0.05, 0.1) is 38.2 Å². The van der Waals surface area contributed by atoms with Gasteiger partial charge in [0.15, 0.2) is 0 Å². The van der Waals surface area contributed by atoms with E-state index in [1.54, 1.807) is 4.90 Å². The minimum Gasteiger partial charge on any atom is -0.492 e. The maximum atomic E-state index is 12.5. The van der Waals surface area contributed by atoms with Crippen LogP contribution in [-0.4, -0.2) is 47.3 Å². The largest absolute Gasteiger partial charge is 0.492 e. The summed E-state index contributed by atoms with van der Waals surface area (Å²) in [6.45, 7) is 6.37. The van der Waals surface area contributed by atoms with Crippen LogP contribution in [0, 0.1) is 5.41 Å². The second kappa shape index (κ2) is 7.95. The number of aromatic nitrogens is 2. The molecule has 0 spiro atoms. The third-order valence-electron chi connectivity index (χ3n) is 5.99. The smallest absolute Gasteiger partial charge is 0.414 e. The second-order valence-corrected chi connectivity index (χ2v) is 9.22. The number of nitrogens with zero attached hydrogens (tertiary/aromatic N) is 3. The van der Waals surface area contributed by atoms with E-state index in [0.717, 1.165) is 41.0 Å². The van der Waals surface area contributed by atoms with Crippen molar-refractivity contribution >= 4 is 11.8 Å². The molecule has 2 heterocycles. The first-order chi connectivity index (χ1) is 14.3. The van der Waals surface area contributed by atoms with E-state index in [4.69, 9.17) is 9.47 Å². The molecular weight excluding hydrogens is 382 g/mol. The molecule has 2 aromatic rings. The van der Waals surface area contributed by atoms with Crippen molar-refractivity contribution < 1.29 is 19.4 Å². The molecule has 7 heteroatoms. The van der Waals surface area contributed by atoms with Crippen molar-refractivity contribution in [1.82, 2.24) is 9.78 Å². The van der Waals surface area contributed by atoms with Gasteiger partial charge in [-0.15, -0.1) is 0 Å². The Morgan fingerprint density at radius 3 is 2.73 bits per heavy atom. The van der Waals surface area contributed by atoms with Gasteiger partial charge >= 0.3 is 6.09 Å². The van der Waals surface area contributed by atoms with Crippen molar-refractivity contribution in [3.8, 4) is 16.9 Å². The van der Waals surface area contributed by atoms with Crippen LogP contribution in [0.1, 0.15) is 51.6 Å². The summed E-state index contributed by atoms with van der Waals surface area (Å²) in [5.74, 6) is 0.769. The normalized spacial score (nSPS) is 18.8. The number of carbonyl (C=O) groups is 1. The number of aliphatic hydroxyl groups is 1. The number of methoxy groups -OCH3 is 1. The lowest BCUT2D eigenvalue weighted by molar-refractivity contribution is 0.0972. The quantitative estimate of drug-likeness (QED) is 0.768. The maximum Gasteiger partial charge on any atom is 0.414 e. The van der Waals surface area contributed by atoms with Crippen LogP contribution < -0.4 is 9.64 Å². The number of aliphatic hydroxyl groups excluding tert-OH is 1. The Labute approximate surface area is 177 Å². The van der Waals surface area contributed by atoms with E-state index < -0.39 is 0 Å². The highest BCUT2D eigenvalue weighted by Gasteiger charge is 2.33. The van der Waals surface area contributed by atoms with Gasteiger partial charge in [-0.1, -0.05) is 13.8 Å². The molecule has 1 fully saturated rings. The van der Waals surface area contributed by atoms with Gasteiger partial charge in [0, 0.05) is 34.3 Å². The molecule has 0 radical (unpaired) electrons. The fraction of sp³-hybridized carbons (Fsp3) is 0.565. The first kappa shape index (κ1) is 20.7. The Morgan fingerprint density at radius 1 is 1.30 bits per heavy atom. The van der Waals surface area contributed by atoms with Gasteiger partial charge in [0.25, 0.3) is 0 Å². The number of benzene rings is 1. The third kappa shape index (κ3) is 3.90. The number of anilines is 1. The standard InChI is InChI=1S/C23H31N3O4/c1-15-5-8-19-20(26(15)22(28)29-4)10-9-18(21(19)30-14-23(2,3)13-27)16-11-24-25(12-16)17-6-7-17/h9-12,15,17,27H,5-8,13-14H2,1-4H3/t15-/m0/s1. The number of hydrogen-bond donors (Lipinski definition) is 1. The van der Waals surface area contributed by atoms with Crippen molar-refractivity contribution in [2.45, 2.75) is 58.5 Å². The van der Waals surface area contributed by atoms with Crippen LogP contribution in [0.25, 0.3) is 11.1 Å². The monoisotopic (exact) mass is 413 g/mol. The molecule has 7 nitrogen and oxygen atoms in total. The molecule has 4 rings (SSSR count). The van der Waals surface area contributed by atoms with Gasteiger partial charge in [-0.3, -0.25) is 9.58 Å². The van der Waals surface area contributed by atoms with E-state index in [2.05, 4.69) is 11.3 Å². The first-order valence-electron chi connectivity index (χ1n) is 10.7. The summed E-state index contributed by atoms with van der Waals surface area (Å²) in [4.78, 5) is 14.2. The second-order valence-electron chi connectivity index (χ2n) is 9.22. The molecule has 1 aromatic carbocycles. The Hall–Kier alpha value is -2.54. The van der Waals surface area contributed by atoms with Crippen molar-refractivity contribution in [2.24, 2.45) is 5.41 Å². The van der Waals surface area contributed by atoms with E-state index in [1.165, 1.54) is 20.0 Å². The van der Waals surface area contributed by atoms with Gasteiger partial charge in [-0.2, -0.15) is 5.10 Å². The molecule has 1 aliphatic carbocycles. The van der Waals surface area contributed by atoms with Crippen LogP contribution in [0.5, 0.6) is 5.75 Å². The van der Waals surface area contributed by atoms with Gasteiger partial charge < -0.3 is 14.6 Å². The van der Waals surface area contributed by atoms with Gasteiger partial charge in [0.2, 0.25) is 0 Å². The predicted molar refractivity (Wildman–Crippen MR) is 115 cm³/mol. The fourth-order valence-corrected chi connectivity index (χ4v) is 3.90. The minimum absolute atomic E-state index is 0.0300. The Balaban J connectivity index is 1.78. The average molecular weight is 414 g/mol. The molecule has 1 aromatic heterocycles. The predicted octanol–water partition coefficient (Wildman–Crippen LogP) is 4.19. The molecule has 1 amide bonds. The zero-order valence-electron chi connectivity index (χ0n) is 18.2. The maximum absolute atomic E-state index is 12.5. The molecule has 1 aliphatic heterocycles. The van der Waals surface area contributed by atoms with Crippen LogP contribution >= 0.6 is 0 Å². The molecule has 30 heavy (non-hydrogen) atoms. The number of ether oxygens (including phenoxy) is 2. The van der Waals surface area contributed by atoms with Crippen LogP contribution in [0.4, 0.5) is 10.5 Å². The highest BCUT2D eigenvalue weighted by atomic mass is 16.5. The molecule has 1 atom stereocenters.